The van der Waals surface area contributed by atoms with Crippen LogP contribution in [0.1, 0.15) is 16.7 Å². The first kappa shape index (κ1) is 35.2. The van der Waals surface area contributed by atoms with Crippen LogP contribution in [0, 0.1) is 34.0 Å². The highest BCUT2D eigenvalue weighted by atomic mass is 15.6. The monoisotopic (exact) mass is 702 g/mol. The molecule has 7 rings (SSSR count). The van der Waals surface area contributed by atoms with Crippen LogP contribution < -0.4 is 31.3 Å². The van der Waals surface area contributed by atoms with E-state index in [2.05, 4.69) is 18.2 Å². The Labute approximate surface area is 314 Å². The molecular formula is C45H36N9+3. The number of nitrogens with zero attached hydrogens (tertiary/aromatic N) is 6. The van der Waals surface area contributed by atoms with Gasteiger partial charge in [0.15, 0.2) is 50.8 Å². The van der Waals surface area contributed by atoms with Crippen molar-refractivity contribution in [2.45, 2.75) is 0 Å². The molecule has 0 aliphatic carbocycles. The molecule has 0 atom stereocenters. The Hall–Kier alpha value is -7.23. The summed E-state index contributed by atoms with van der Waals surface area (Å²) in [4.78, 5) is 0. The molecule has 0 spiro atoms. The summed E-state index contributed by atoms with van der Waals surface area (Å²) in [5.41, 5.74) is 3.40. The molecule has 7 aromatic carbocycles. The zero-order chi connectivity index (χ0) is 37.8. The maximum atomic E-state index is 11.5. The average Bonchev–Trinajstić information content (AvgIpc) is 3.26. The van der Waals surface area contributed by atoms with Crippen molar-refractivity contribution in [3.63, 3.8) is 0 Å². The number of quaternary nitrogens is 3. The van der Waals surface area contributed by atoms with Crippen LogP contribution >= 0.6 is 0 Å². The standard InChI is InChI=1S/C45H36N9/c46-31-40-43(52(49,34-19-7-1-8-20-34)35-21-9-2-10-22-35)41(32-47)45(54(51,38-27-15-5-16-28-38)39-29-17-6-18-30-39)42(33-48)44(40)53(50,36-23-11-3-12-24-36)37-25-13-4-14-26-37/h1-30H,49-51H2/q+3. The summed E-state index contributed by atoms with van der Waals surface area (Å²) in [5, 5.41) is 34.6. The maximum absolute atomic E-state index is 11.5. The normalized spacial score (nSPS) is 11.6. The van der Waals surface area contributed by atoms with E-state index in [0.717, 1.165) is 0 Å². The zero-order valence-corrected chi connectivity index (χ0v) is 29.2. The van der Waals surface area contributed by atoms with Gasteiger partial charge in [-0.2, -0.15) is 33.3 Å². The highest BCUT2D eigenvalue weighted by Crippen LogP contribution is 2.57. The van der Waals surface area contributed by atoms with Crippen molar-refractivity contribution in [3.8, 4) is 18.2 Å². The predicted octanol–water partition coefficient (Wildman–Crippen LogP) is 9.83. The topological polar surface area (TPSA) is 149 Å². The third kappa shape index (κ3) is 5.51. The van der Waals surface area contributed by atoms with E-state index < -0.39 is 13.8 Å². The number of nitrogens with two attached hydrogens (primary N) is 3. The third-order valence-corrected chi connectivity index (χ3v) is 9.80. The van der Waals surface area contributed by atoms with Crippen molar-refractivity contribution in [2.75, 3.05) is 0 Å². The van der Waals surface area contributed by atoms with Crippen LogP contribution in [-0.2, 0) is 0 Å². The molecule has 0 radical (unpaired) electrons. The van der Waals surface area contributed by atoms with Gasteiger partial charge in [-0.1, -0.05) is 109 Å². The second-order valence-electron chi connectivity index (χ2n) is 12.7. The largest absolute Gasteiger partial charge is 0.210 e. The Morgan fingerprint density at radius 1 is 0.278 bits per heavy atom. The Morgan fingerprint density at radius 3 is 0.556 bits per heavy atom. The lowest BCUT2D eigenvalue weighted by molar-refractivity contribution is 0.513. The Balaban J connectivity index is 1.82. The minimum Gasteiger partial charge on any atom is -0.192 e. The van der Waals surface area contributed by atoms with Gasteiger partial charge in [0.2, 0.25) is 17.1 Å². The molecule has 0 aliphatic rings. The quantitative estimate of drug-likeness (QED) is 0.0774. The van der Waals surface area contributed by atoms with E-state index in [1.807, 2.05) is 182 Å². The Kier molecular flexibility index (Phi) is 9.39. The highest BCUT2D eigenvalue weighted by molar-refractivity contribution is 5.97. The van der Waals surface area contributed by atoms with Gasteiger partial charge < -0.3 is 0 Å². The molecule has 0 heterocycles. The first-order valence-corrected chi connectivity index (χ1v) is 17.2. The molecule has 54 heavy (non-hydrogen) atoms. The van der Waals surface area contributed by atoms with Crippen LogP contribution in [0.3, 0.4) is 0 Å². The second kappa shape index (κ2) is 14.4. The molecule has 0 bridgehead atoms. The fourth-order valence-corrected chi connectivity index (χ4v) is 7.29. The van der Waals surface area contributed by atoms with Gasteiger partial charge in [-0.15, -0.1) is 13.8 Å². The van der Waals surface area contributed by atoms with Gasteiger partial charge in [-0.25, -0.2) is 0 Å². The molecule has 0 amide bonds. The van der Waals surface area contributed by atoms with Crippen molar-refractivity contribution >= 4 is 51.2 Å². The molecule has 6 N–H and O–H groups in total. The average molecular weight is 703 g/mol. The van der Waals surface area contributed by atoms with Gasteiger partial charge in [-0.3, -0.25) is 0 Å². The summed E-state index contributed by atoms with van der Waals surface area (Å²) < 4.78 is -1.90. The molecular weight excluding hydrogens is 667 g/mol. The summed E-state index contributed by atoms with van der Waals surface area (Å²) in [6, 6.07) is 62.6. The number of rotatable bonds is 9. The van der Waals surface area contributed by atoms with E-state index >= 15 is 0 Å². The smallest absolute Gasteiger partial charge is 0.192 e. The number of hydrogen-bond donors (Lipinski definition) is 3. The SMILES string of the molecule is N#Cc1c([N+](N)(c2ccccc2)c2ccccc2)c(C#N)c([N+](N)(c2ccccc2)c2ccccc2)c(C#N)c1[N+](N)(c1ccccc1)c1ccccc1. The number of para-hydroxylation sites is 6. The molecule has 0 saturated carbocycles. The summed E-state index contributed by atoms with van der Waals surface area (Å²) in [6.07, 6.45) is 0. The van der Waals surface area contributed by atoms with Crippen molar-refractivity contribution in [1.82, 2.24) is 13.8 Å². The van der Waals surface area contributed by atoms with Crippen molar-refractivity contribution in [1.29, 1.82) is 15.8 Å². The number of nitriles is 3. The molecule has 0 saturated heterocycles. The second-order valence-corrected chi connectivity index (χ2v) is 12.7. The lowest BCUT2D eigenvalue weighted by Crippen LogP contribution is -2.52. The molecule has 0 unspecified atom stereocenters. The van der Waals surface area contributed by atoms with E-state index in [-0.39, 0.29) is 33.8 Å². The summed E-state index contributed by atoms with van der Waals surface area (Å²) in [6.45, 7) is 0. The van der Waals surface area contributed by atoms with Gasteiger partial charge in [0.1, 0.15) is 18.2 Å². The minimum absolute atomic E-state index is 0.0510. The molecule has 9 nitrogen and oxygen atoms in total. The third-order valence-electron chi connectivity index (χ3n) is 9.80. The van der Waals surface area contributed by atoms with Gasteiger partial charge in [0.25, 0.3) is 0 Å². The van der Waals surface area contributed by atoms with E-state index in [4.69, 9.17) is 17.5 Å². The Bertz CT molecular complexity index is 2120. The molecule has 0 aromatic heterocycles. The van der Waals surface area contributed by atoms with E-state index in [0.29, 0.717) is 34.1 Å². The van der Waals surface area contributed by atoms with Gasteiger partial charge >= 0.3 is 0 Å². The molecule has 0 aliphatic heterocycles. The highest BCUT2D eigenvalue weighted by Gasteiger charge is 2.53. The molecule has 0 fully saturated rings. The van der Waals surface area contributed by atoms with Gasteiger partial charge in [0.05, 0.1) is 0 Å². The van der Waals surface area contributed by atoms with Gasteiger partial charge in [-0.05, 0) is 0 Å². The summed E-state index contributed by atoms with van der Waals surface area (Å²) in [7, 11) is 0. The number of benzene rings is 7. The van der Waals surface area contributed by atoms with E-state index in [1.165, 1.54) is 0 Å². The van der Waals surface area contributed by atoms with Crippen molar-refractivity contribution < 1.29 is 0 Å². The summed E-state index contributed by atoms with van der Waals surface area (Å²) >= 11 is 0. The molecule has 258 valence electrons. The zero-order valence-electron chi connectivity index (χ0n) is 29.2. The van der Waals surface area contributed by atoms with Crippen LogP contribution in [0.4, 0.5) is 51.2 Å². The lowest BCUT2D eigenvalue weighted by atomic mass is 9.91. The van der Waals surface area contributed by atoms with Crippen LogP contribution in [-0.4, -0.2) is 0 Å². The number of hydrogen-bond acceptors (Lipinski definition) is 6. The van der Waals surface area contributed by atoms with E-state index in [9.17, 15) is 15.8 Å². The first-order chi connectivity index (χ1) is 26.3. The van der Waals surface area contributed by atoms with Crippen molar-refractivity contribution in [2.24, 2.45) is 17.5 Å². The maximum Gasteiger partial charge on any atom is 0.210 e. The van der Waals surface area contributed by atoms with E-state index in [1.54, 1.807) is 0 Å². The van der Waals surface area contributed by atoms with Crippen LogP contribution in [0.25, 0.3) is 0 Å². The van der Waals surface area contributed by atoms with Gasteiger partial charge in [0, 0.05) is 72.8 Å². The minimum atomic E-state index is -0.633. The fourth-order valence-electron chi connectivity index (χ4n) is 7.29. The molecule has 7 aromatic rings. The Morgan fingerprint density at radius 2 is 0.426 bits per heavy atom. The van der Waals surface area contributed by atoms with Crippen LogP contribution in [0.5, 0.6) is 0 Å². The lowest BCUT2D eigenvalue weighted by Gasteiger charge is -2.39. The predicted molar refractivity (Wildman–Crippen MR) is 215 cm³/mol. The van der Waals surface area contributed by atoms with Crippen molar-refractivity contribution in [3.05, 3.63) is 199 Å². The van der Waals surface area contributed by atoms with Crippen LogP contribution in [0.2, 0.25) is 0 Å². The molecule has 9 heteroatoms. The van der Waals surface area contributed by atoms with Crippen LogP contribution in [0.15, 0.2) is 182 Å². The summed E-state index contributed by atoms with van der Waals surface area (Å²) in [5.74, 6) is 23.2. The first-order valence-electron chi connectivity index (χ1n) is 17.2. The fraction of sp³-hybridized carbons (Fsp3) is 0.